The predicted octanol–water partition coefficient (Wildman–Crippen LogP) is 0.671. The van der Waals surface area contributed by atoms with Gasteiger partial charge in [0.15, 0.2) is 0 Å². The molecular formula is C11H26O4. The van der Waals surface area contributed by atoms with Gasteiger partial charge in [-0.1, -0.05) is 39.0 Å². The Balaban J connectivity index is 0. The Morgan fingerprint density at radius 3 is 1.60 bits per heavy atom. The van der Waals surface area contributed by atoms with Crippen molar-refractivity contribution in [3.05, 3.63) is 0 Å². The summed E-state index contributed by atoms with van der Waals surface area (Å²) in [6.07, 6.45) is 6.54. The Morgan fingerprint density at radius 1 is 0.800 bits per heavy atom. The molecule has 0 unspecified atom stereocenters. The molecule has 0 saturated heterocycles. The lowest BCUT2D eigenvalue weighted by molar-refractivity contribution is 0.0450. The summed E-state index contributed by atoms with van der Waals surface area (Å²) in [5, 5.41) is 32.4. The van der Waals surface area contributed by atoms with E-state index in [0.29, 0.717) is 6.61 Å². The van der Waals surface area contributed by atoms with Crippen LogP contribution in [0.2, 0.25) is 0 Å². The molecule has 0 heterocycles. The summed E-state index contributed by atoms with van der Waals surface area (Å²) in [7, 11) is 0. The van der Waals surface area contributed by atoms with Gasteiger partial charge in [-0.3, -0.25) is 0 Å². The third-order valence-electron chi connectivity index (χ3n) is 1.93. The molecular weight excluding hydrogens is 196 g/mol. The van der Waals surface area contributed by atoms with Crippen LogP contribution < -0.4 is 0 Å². The zero-order valence-corrected chi connectivity index (χ0v) is 9.73. The van der Waals surface area contributed by atoms with Crippen molar-refractivity contribution in [2.45, 2.75) is 51.6 Å². The van der Waals surface area contributed by atoms with Crippen LogP contribution in [0.15, 0.2) is 0 Å². The molecule has 0 aliphatic carbocycles. The quantitative estimate of drug-likeness (QED) is 0.455. The van der Waals surface area contributed by atoms with Gasteiger partial charge in [0.25, 0.3) is 0 Å². The minimum atomic E-state index is -0.954. The van der Waals surface area contributed by atoms with Gasteiger partial charge >= 0.3 is 0 Å². The molecule has 0 saturated carbocycles. The van der Waals surface area contributed by atoms with Crippen LogP contribution in [0.5, 0.6) is 0 Å². The van der Waals surface area contributed by atoms with Gasteiger partial charge in [-0.2, -0.15) is 0 Å². The summed E-state index contributed by atoms with van der Waals surface area (Å²) in [5.41, 5.74) is 0. The summed E-state index contributed by atoms with van der Waals surface area (Å²) in [6, 6.07) is 0. The van der Waals surface area contributed by atoms with E-state index in [4.69, 9.17) is 20.4 Å². The molecule has 0 amide bonds. The minimum absolute atomic E-state index is 0.365. The van der Waals surface area contributed by atoms with Crippen molar-refractivity contribution < 1.29 is 20.4 Å². The van der Waals surface area contributed by atoms with Crippen molar-refractivity contribution in [3.8, 4) is 0 Å². The number of hydrogen-bond donors (Lipinski definition) is 4. The molecule has 0 rings (SSSR count). The number of hydrogen-bond acceptors (Lipinski definition) is 4. The average Bonchev–Trinajstić information content (AvgIpc) is 2.29. The molecule has 94 valence electrons. The van der Waals surface area contributed by atoms with E-state index in [-0.39, 0.29) is 13.2 Å². The van der Waals surface area contributed by atoms with Gasteiger partial charge in [0, 0.05) is 6.61 Å². The number of rotatable bonds is 8. The first-order chi connectivity index (χ1) is 7.22. The second-order valence-electron chi connectivity index (χ2n) is 3.51. The molecule has 0 aromatic rings. The molecule has 0 aromatic carbocycles. The normalized spacial score (nSPS) is 10.0. The highest BCUT2D eigenvalue weighted by atomic mass is 16.3. The molecule has 0 aliphatic heterocycles. The van der Waals surface area contributed by atoms with E-state index in [2.05, 4.69) is 6.92 Å². The van der Waals surface area contributed by atoms with Crippen molar-refractivity contribution in [1.29, 1.82) is 0 Å². The lowest BCUT2D eigenvalue weighted by Gasteiger charge is -1.96. The first-order valence-corrected chi connectivity index (χ1v) is 5.73. The maximum Gasteiger partial charge on any atom is 0.100 e. The Morgan fingerprint density at radius 2 is 1.27 bits per heavy atom. The molecule has 4 heteroatoms. The standard InChI is InChI=1S/C8H18O.C3H8O3/c1-2-3-4-5-6-7-8-9;4-1-3(6)2-5/h9H,2-8H2,1H3;3-6H,1-2H2. The van der Waals surface area contributed by atoms with Crippen molar-refractivity contribution in [2.24, 2.45) is 0 Å². The Labute approximate surface area is 92.6 Å². The number of aliphatic hydroxyl groups excluding tert-OH is 4. The van der Waals surface area contributed by atoms with Crippen LogP contribution in [-0.4, -0.2) is 46.4 Å². The van der Waals surface area contributed by atoms with Crippen molar-refractivity contribution >= 4 is 0 Å². The Kier molecular flexibility index (Phi) is 18.7. The van der Waals surface area contributed by atoms with Gasteiger partial charge < -0.3 is 20.4 Å². The lowest BCUT2D eigenvalue weighted by atomic mass is 10.1. The van der Waals surface area contributed by atoms with Crippen LogP contribution in [0, 0.1) is 0 Å². The van der Waals surface area contributed by atoms with E-state index in [9.17, 15) is 0 Å². The average molecular weight is 222 g/mol. The molecule has 0 fully saturated rings. The van der Waals surface area contributed by atoms with E-state index in [1.165, 1.54) is 32.1 Å². The topological polar surface area (TPSA) is 80.9 Å². The second kappa shape index (κ2) is 16.3. The molecule has 15 heavy (non-hydrogen) atoms. The fourth-order valence-electron chi connectivity index (χ4n) is 0.950. The van der Waals surface area contributed by atoms with Crippen LogP contribution in [0.4, 0.5) is 0 Å². The van der Waals surface area contributed by atoms with E-state index < -0.39 is 6.10 Å². The van der Waals surface area contributed by atoms with Crippen LogP contribution in [-0.2, 0) is 0 Å². The zero-order chi connectivity index (χ0) is 11.9. The first-order valence-electron chi connectivity index (χ1n) is 5.73. The molecule has 4 N–H and O–H groups in total. The van der Waals surface area contributed by atoms with Gasteiger partial charge in [0.1, 0.15) is 6.10 Å². The molecule has 0 spiro atoms. The third-order valence-corrected chi connectivity index (χ3v) is 1.93. The Bertz CT molecular complexity index is 88.6. The smallest absolute Gasteiger partial charge is 0.100 e. The largest absolute Gasteiger partial charge is 0.396 e. The van der Waals surface area contributed by atoms with Crippen LogP contribution in [0.25, 0.3) is 0 Å². The summed E-state index contributed by atoms with van der Waals surface area (Å²) in [6.45, 7) is 1.85. The third kappa shape index (κ3) is 20.0. The van der Waals surface area contributed by atoms with Gasteiger partial charge in [-0.05, 0) is 6.42 Å². The molecule has 0 aromatic heterocycles. The maximum absolute atomic E-state index is 8.42. The molecule has 4 nitrogen and oxygen atoms in total. The number of unbranched alkanes of at least 4 members (excludes halogenated alkanes) is 5. The first kappa shape index (κ1) is 17.2. The highest BCUT2D eigenvalue weighted by Crippen LogP contribution is 2.03. The van der Waals surface area contributed by atoms with Gasteiger partial charge in [-0.25, -0.2) is 0 Å². The minimum Gasteiger partial charge on any atom is -0.396 e. The van der Waals surface area contributed by atoms with E-state index in [0.717, 1.165) is 6.42 Å². The zero-order valence-electron chi connectivity index (χ0n) is 9.73. The van der Waals surface area contributed by atoms with E-state index in [1.54, 1.807) is 0 Å². The summed E-state index contributed by atoms with van der Waals surface area (Å²) >= 11 is 0. The van der Waals surface area contributed by atoms with Gasteiger partial charge in [0.2, 0.25) is 0 Å². The summed E-state index contributed by atoms with van der Waals surface area (Å²) in [4.78, 5) is 0. The fraction of sp³-hybridized carbons (Fsp3) is 1.00. The summed E-state index contributed by atoms with van der Waals surface area (Å²) < 4.78 is 0. The highest BCUT2D eigenvalue weighted by molar-refractivity contribution is 4.44. The van der Waals surface area contributed by atoms with Crippen LogP contribution in [0.3, 0.4) is 0 Å². The number of aliphatic hydroxyl groups is 4. The van der Waals surface area contributed by atoms with Crippen LogP contribution in [0.1, 0.15) is 45.4 Å². The molecule has 0 bridgehead atoms. The summed E-state index contributed by atoms with van der Waals surface area (Å²) in [5.74, 6) is 0. The second-order valence-corrected chi connectivity index (χ2v) is 3.51. The molecule has 0 aliphatic rings. The molecule has 0 radical (unpaired) electrons. The predicted molar refractivity (Wildman–Crippen MR) is 60.6 cm³/mol. The lowest BCUT2D eigenvalue weighted by Crippen LogP contribution is -2.15. The van der Waals surface area contributed by atoms with E-state index in [1.807, 2.05) is 0 Å². The van der Waals surface area contributed by atoms with Crippen molar-refractivity contribution in [3.63, 3.8) is 0 Å². The SMILES string of the molecule is CCCCCCCCO.OCC(O)CO. The monoisotopic (exact) mass is 222 g/mol. The van der Waals surface area contributed by atoms with Gasteiger partial charge in [0.05, 0.1) is 13.2 Å². The van der Waals surface area contributed by atoms with E-state index >= 15 is 0 Å². The van der Waals surface area contributed by atoms with Crippen molar-refractivity contribution in [1.82, 2.24) is 0 Å². The highest BCUT2D eigenvalue weighted by Gasteiger charge is 1.93. The van der Waals surface area contributed by atoms with Crippen LogP contribution >= 0.6 is 0 Å². The molecule has 0 atom stereocenters. The van der Waals surface area contributed by atoms with Crippen molar-refractivity contribution in [2.75, 3.05) is 19.8 Å². The Hall–Kier alpha value is -0.160. The van der Waals surface area contributed by atoms with Gasteiger partial charge in [-0.15, -0.1) is 0 Å². The maximum atomic E-state index is 8.42. The fourth-order valence-corrected chi connectivity index (χ4v) is 0.950.